The fraction of sp³-hybridized carbons (Fsp3) is 0.824. The molecular formula is C17H30N4. The Morgan fingerprint density at radius 2 is 2.00 bits per heavy atom. The van der Waals surface area contributed by atoms with Crippen molar-refractivity contribution in [1.29, 1.82) is 0 Å². The van der Waals surface area contributed by atoms with Crippen LogP contribution >= 0.6 is 0 Å². The van der Waals surface area contributed by atoms with Gasteiger partial charge in [-0.3, -0.25) is 4.90 Å². The van der Waals surface area contributed by atoms with E-state index in [0.717, 1.165) is 19.5 Å². The molecule has 1 aliphatic carbocycles. The number of aryl methyl sites for hydroxylation is 1. The molecule has 2 aliphatic rings. The lowest BCUT2D eigenvalue weighted by atomic mass is 9.77. The van der Waals surface area contributed by atoms with Gasteiger partial charge in [0.05, 0.1) is 0 Å². The van der Waals surface area contributed by atoms with Crippen LogP contribution in [0.4, 0.5) is 0 Å². The van der Waals surface area contributed by atoms with Crippen molar-refractivity contribution in [1.82, 2.24) is 19.8 Å². The van der Waals surface area contributed by atoms with Crippen molar-refractivity contribution >= 4 is 0 Å². The summed E-state index contributed by atoms with van der Waals surface area (Å²) in [6.45, 7) is 8.15. The van der Waals surface area contributed by atoms with Gasteiger partial charge in [0.2, 0.25) is 0 Å². The van der Waals surface area contributed by atoms with Gasteiger partial charge in [-0.05, 0) is 26.7 Å². The first-order chi connectivity index (χ1) is 10.0. The summed E-state index contributed by atoms with van der Waals surface area (Å²) in [5, 5.41) is 3.90. The fourth-order valence-electron chi connectivity index (χ4n) is 3.97. The van der Waals surface area contributed by atoms with Gasteiger partial charge in [0.1, 0.15) is 5.82 Å². The minimum Gasteiger partial charge on any atom is -0.338 e. The number of piperazine rings is 1. The van der Waals surface area contributed by atoms with Crippen LogP contribution < -0.4 is 5.32 Å². The fourth-order valence-corrected chi connectivity index (χ4v) is 3.97. The number of nitrogens with zero attached hydrogens (tertiary/aromatic N) is 3. The number of rotatable bonds is 3. The van der Waals surface area contributed by atoms with Gasteiger partial charge in [-0.2, -0.15) is 0 Å². The average molecular weight is 290 g/mol. The summed E-state index contributed by atoms with van der Waals surface area (Å²) >= 11 is 0. The third-order valence-corrected chi connectivity index (χ3v) is 5.58. The third-order valence-electron chi connectivity index (χ3n) is 5.58. The predicted molar refractivity (Wildman–Crippen MR) is 86.4 cm³/mol. The van der Waals surface area contributed by atoms with Crippen LogP contribution in [0.15, 0.2) is 12.4 Å². The Balaban J connectivity index is 1.67. The normalized spacial score (nSPS) is 25.3. The molecule has 1 aromatic heterocycles. The Bertz CT molecular complexity index is 471. The van der Waals surface area contributed by atoms with Crippen LogP contribution in [-0.2, 0) is 13.5 Å². The summed E-state index contributed by atoms with van der Waals surface area (Å²) in [5.74, 6) is 1.20. The van der Waals surface area contributed by atoms with Crippen molar-refractivity contribution < 1.29 is 0 Å². The lowest BCUT2D eigenvalue weighted by Crippen LogP contribution is -2.68. The van der Waals surface area contributed by atoms with Gasteiger partial charge in [-0.25, -0.2) is 4.98 Å². The number of hydrogen-bond donors (Lipinski definition) is 1. The topological polar surface area (TPSA) is 33.1 Å². The van der Waals surface area contributed by atoms with Crippen LogP contribution in [0.1, 0.15) is 51.8 Å². The molecule has 1 saturated carbocycles. The maximum absolute atomic E-state index is 4.47. The Labute approximate surface area is 128 Å². The maximum atomic E-state index is 4.47. The Morgan fingerprint density at radius 1 is 1.24 bits per heavy atom. The molecular weight excluding hydrogens is 260 g/mol. The number of hydrogen-bond acceptors (Lipinski definition) is 3. The predicted octanol–water partition coefficient (Wildman–Crippen LogP) is 2.35. The minimum atomic E-state index is 0.244. The number of imidazole rings is 1. The summed E-state index contributed by atoms with van der Waals surface area (Å²) in [5.41, 5.74) is 0.628. The molecule has 0 radical (unpaired) electrons. The summed E-state index contributed by atoms with van der Waals surface area (Å²) in [4.78, 5) is 7.17. The van der Waals surface area contributed by atoms with E-state index in [1.165, 1.54) is 44.5 Å². The van der Waals surface area contributed by atoms with Gasteiger partial charge in [0.25, 0.3) is 0 Å². The molecule has 0 aromatic carbocycles. The molecule has 2 fully saturated rings. The zero-order valence-corrected chi connectivity index (χ0v) is 13.9. The zero-order chi connectivity index (χ0) is 14.9. The van der Waals surface area contributed by atoms with Gasteiger partial charge < -0.3 is 9.88 Å². The minimum absolute atomic E-state index is 0.244. The first-order valence-corrected chi connectivity index (χ1v) is 8.47. The van der Waals surface area contributed by atoms with E-state index in [9.17, 15) is 0 Å². The van der Waals surface area contributed by atoms with Crippen LogP contribution in [0.25, 0.3) is 0 Å². The molecule has 1 spiro atoms. The SMILES string of the molecule is Cn1ccnc1CCN1CC2(CCCCC2)NCC1(C)C. The monoisotopic (exact) mass is 290 g/mol. The first kappa shape index (κ1) is 15.0. The van der Waals surface area contributed by atoms with Crippen molar-refractivity contribution in [2.75, 3.05) is 19.6 Å². The van der Waals surface area contributed by atoms with E-state index in [1.807, 2.05) is 12.4 Å². The van der Waals surface area contributed by atoms with Crippen LogP contribution in [0.3, 0.4) is 0 Å². The van der Waals surface area contributed by atoms with Crippen molar-refractivity contribution in [3.63, 3.8) is 0 Å². The van der Waals surface area contributed by atoms with Crippen LogP contribution in [-0.4, -0.2) is 45.2 Å². The molecule has 2 heterocycles. The smallest absolute Gasteiger partial charge is 0.109 e. The van der Waals surface area contributed by atoms with E-state index in [2.05, 4.69) is 40.7 Å². The highest BCUT2D eigenvalue weighted by atomic mass is 15.3. The summed E-state index contributed by atoms with van der Waals surface area (Å²) in [6, 6.07) is 0. The van der Waals surface area contributed by atoms with Crippen LogP contribution in [0, 0.1) is 0 Å². The first-order valence-electron chi connectivity index (χ1n) is 8.47. The highest BCUT2D eigenvalue weighted by Crippen LogP contribution is 2.34. The molecule has 1 aromatic rings. The van der Waals surface area contributed by atoms with E-state index in [0.29, 0.717) is 5.54 Å². The van der Waals surface area contributed by atoms with E-state index in [4.69, 9.17) is 0 Å². The summed E-state index contributed by atoms with van der Waals surface area (Å²) in [7, 11) is 2.09. The van der Waals surface area contributed by atoms with E-state index in [-0.39, 0.29) is 5.54 Å². The van der Waals surface area contributed by atoms with Crippen molar-refractivity contribution in [2.24, 2.45) is 7.05 Å². The van der Waals surface area contributed by atoms with Crippen molar-refractivity contribution in [2.45, 2.75) is 63.5 Å². The van der Waals surface area contributed by atoms with Crippen molar-refractivity contribution in [3.05, 3.63) is 18.2 Å². The Hall–Kier alpha value is -0.870. The maximum Gasteiger partial charge on any atom is 0.109 e. The van der Waals surface area contributed by atoms with Crippen LogP contribution in [0.5, 0.6) is 0 Å². The molecule has 1 N–H and O–H groups in total. The lowest BCUT2D eigenvalue weighted by molar-refractivity contribution is 0.0113. The largest absolute Gasteiger partial charge is 0.338 e. The number of nitrogens with one attached hydrogen (secondary N) is 1. The standard InChI is InChI=1S/C17H30N4/c1-16(2)13-19-17(8-5-4-6-9-17)14-21(16)11-7-15-18-10-12-20(15)3/h10,12,19H,4-9,11,13-14H2,1-3H3. The number of aromatic nitrogens is 2. The second-order valence-electron chi connectivity index (χ2n) is 7.63. The molecule has 0 bridgehead atoms. The van der Waals surface area contributed by atoms with Gasteiger partial charge in [0.15, 0.2) is 0 Å². The second kappa shape index (κ2) is 5.73. The average Bonchev–Trinajstić information content (AvgIpc) is 2.87. The molecule has 0 amide bonds. The van der Waals surface area contributed by atoms with Gasteiger partial charge >= 0.3 is 0 Å². The molecule has 4 nitrogen and oxygen atoms in total. The lowest BCUT2D eigenvalue weighted by Gasteiger charge is -2.53. The van der Waals surface area contributed by atoms with E-state index >= 15 is 0 Å². The third kappa shape index (κ3) is 3.16. The quantitative estimate of drug-likeness (QED) is 0.927. The zero-order valence-electron chi connectivity index (χ0n) is 13.9. The summed E-state index contributed by atoms with van der Waals surface area (Å²) < 4.78 is 2.14. The molecule has 1 aliphatic heterocycles. The second-order valence-corrected chi connectivity index (χ2v) is 7.63. The molecule has 4 heteroatoms. The molecule has 1 saturated heterocycles. The van der Waals surface area contributed by atoms with Gasteiger partial charge in [-0.15, -0.1) is 0 Å². The van der Waals surface area contributed by atoms with Gasteiger partial charge in [-0.1, -0.05) is 19.3 Å². The van der Waals surface area contributed by atoms with E-state index < -0.39 is 0 Å². The molecule has 118 valence electrons. The van der Waals surface area contributed by atoms with E-state index in [1.54, 1.807) is 0 Å². The molecule has 3 rings (SSSR count). The van der Waals surface area contributed by atoms with Gasteiger partial charge in [0, 0.05) is 56.6 Å². The van der Waals surface area contributed by atoms with Crippen molar-refractivity contribution in [3.8, 4) is 0 Å². The molecule has 21 heavy (non-hydrogen) atoms. The van der Waals surface area contributed by atoms with Crippen LogP contribution in [0.2, 0.25) is 0 Å². The Morgan fingerprint density at radius 3 is 2.67 bits per heavy atom. The Kier molecular flexibility index (Phi) is 4.10. The molecule has 0 unspecified atom stereocenters. The summed E-state index contributed by atoms with van der Waals surface area (Å²) in [6.07, 6.45) is 11.9. The molecule has 0 atom stereocenters. The highest BCUT2D eigenvalue weighted by Gasteiger charge is 2.42. The highest BCUT2D eigenvalue weighted by molar-refractivity contribution is 5.04.